The number of rotatable bonds is 23. The Hall–Kier alpha value is -3.14. The van der Waals surface area contributed by atoms with Crippen molar-refractivity contribution >= 4 is 0 Å². The first kappa shape index (κ1) is 42.9. The largest absolute Gasteiger partial charge is 0.504 e. The van der Waals surface area contributed by atoms with E-state index in [1.54, 1.807) is 6.92 Å². The van der Waals surface area contributed by atoms with Crippen LogP contribution in [0.25, 0.3) is 0 Å². The second-order valence-electron chi connectivity index (χ2n) is 14.3. The minimum atomic E-state index is 0.0114. The molecule has 0 heterocycles. The van der Waals surface area contributed by atoms with Gasteiger partial charge in [-0.05, 0) is 145 Å². The van der Waals surface area contributed by atoms with Gasteiger partial charge in [-0.1, -0.05) is 83.2 Å². The summed E-state index contributed by atoms with van der Waals surface area (Å²) in [7, 11) is 2.91. The molecular weight excluding hydrogens is 592 g/mol. The molecule has 0 bridgehead atoms. The summed E-state index contributed by atoms with van der Waals surface area (Å²) in [6, 6.07) is 0. The Kier molecular flexibility index (Phi) is 21.5. The molecule has 1 unspecified atom stereocenters. The normalized spacial score (nSPS) is 13.9. The van der Waals surface area contributed by atoms with Crippen LogP contribution in [-0.4, -0.2) is 24.4 Å². The lowest BCUT2D eigenvalue weighted by atomic mass is 9.96. The summed E-state index contributed by atoms with van der Waals surface area (Å²) in [4.78, 5) is 0. The van der Waals surface area contributed by atoms with Gasteiger partial charge < -0.3 is 19.7 Å². The van der Waals surface area contributed by atoms with Gasteiger partial charge in [0, 0.05) is 11.1 Å². The van der Waals surface area contributed by atoms with E-state index in [9.17, 15) is 10.2 Å². The highest BCUT2D eigenvalue weighted by atomic mass is 16.5. The molecule has 4 heteroatoms. The SMILES string of the molecule is COc1c(O)c(C)c(C/C=C(\C)CC/C=C(\C)CCCC(C)CC/C=C(\C)CC/C=C(\C)CC/C=C(\C)CCC=C(C)C)c(O)c1OC. The zero-order chi connectivity index (χ0) is 36.1. The quantitative estimate of drug-likeness (QED) is 0.0904. The standard InChI is InChI=1S/C44H70O4/c1-32(2)18-12-19-33(3)20-13-21-34(4)22-14-23-35(5)24-15-25-36(6)26-16-27-37(7)28-17-29-38(8)30-31-40-39(9)41(45)43(47-10)44(48-11)42(40)46/h18,20,22,24,28,30,36,45-46H,12-17,19,21,23,25-27,29,31H2,1-11H3/b33-20+,34-22+,35-24+,37-28+,38-30+. The number of methoxy groups -OCH3 is 2. The number of ether oxygens (including phenoxy) is 2. The maximum absolute atomic E-state index is 10.7. The zero-order valence-corrected chi connectivity index (χ0v) is 32.7. The number of phenolic OH excluding ortho intramolecular Hbond substituents is 2. The zero-order valence-electron chi connectivity index (χ0n) is 32.7. The summed E-state index contributed by atoms with van der Waals surface area (Å²) < 4.78 is 10.5. The van der Waals surface area contributed by atoms with Crippen molar-refractivity contribution in [2.75, 3.05) is 14.2 Å². The van der Waals surface area contributed by atoms with Gasteiger partial charge in [0.25, 0.3) is 0 Å². The molecule has 0 aromatic heterocycles. The fraction of sp³-hybridized carbons (Fsp3) is 0.591. The first-order chi connectivity index (χ1) is 22.8. The number of aromatic hydroxyl groups is 2. The predicted molar refractivity (Wildman–Crippen MR) is 209 cm³/mol. The topological polar surface area (TPSA) is 58.9 Å². The molecule has 0 radical (unpaired) electrons. The molecule has 0 aliphatic carbocycles. The molecular formula is C44H70O4. The lowest BCUT2D eigenvalue weighted by molar-refractivity contribution is 0.314. The van der Waals surface area contributed by atoms with Gasteiger partial charge in [-0.2, -0.15) is 0 Å². The molecule has 270 valence electrons. The molecule has 48 heavy (non-hydrogen) atoms. The van der Waals surface area contributed by atoms with Gasteiger partial charge in [-0.25, -0.2) is 0 Å². The minimum Gasteiger partial charge on any atom is -0.504 e. The van der Waals surface area contributed by atoms with Crippen molar-refractivity contribution in [2.24, 2.45) is 5.92 Å². The highest BCUT2D eigenvalue weighted by Gasteiger charge is 2.22. The van der Waals surface area contributed by atoms with Crippen LogP contribution in [0.3, 0.4) is 0 Å². The van der Waals surface area contributed by atoms with Crippen LogP contribution in [-0.2, 0) is 6.42 Å². The number of phenols is 2. The first-order valence-electron chi connectivity index (χ1n) is 18.4. The highest BCUT2D eigenvalue weighted by Crippen LogP contribution is 2.48. The molecule has 0 fully saturated rings. The number of hydrogen-bond donors (Lipinski definition) is 2. The lowest BCUT2D eigenvalue weighted by Crippen LogP contribution is -1.98. The Morgan fingerprint density at radius 2 is 0.979 bits per heavy atom. The van der Waals surface area contributed by atoms with Gasteiger partial charge in [0.15, 0.2) is 11.5 Å². The van der Waals surface area contributed by atoms with E-state index >= 15 is 0 Å². The van der Waals surface area contributed by atoms with Crippen molar-refractivity contribution in [1.29, 1.82) is 0 Å². The van der Waals surface area contributed by atoms with Gasteiger partial charge >= 0.3 is 0 Å². The average molecular weight is 663 g/mol. The van der Waals surface area contributed by atoms with E-state index < -0.39 is 0 Å². The van der Waals surface area contributed by atoms with E-state index in [0.29, 0.717) is 17.5 Å². The van der Waals surface area contributed by atoms with Crippen LogP contribution in [0, 0.1) is 12.8 Å². The van der Waals surface area contributed by atoms with E-state index in [4.69, 9.17) is 9.47 Å². The monoisotopic (exact) mass is 663 g/mol. The molecule has 1 atom stereocenters. The van der Waals surface area contributed by atoms with Crippen LogP contribution in [0.5, 0.6) is 23.0 Å². The fourth-order valence-corrected chi connectivity index (χ4v) is 5.97. The second kappa shape index (κ2) is 24.1. The summed E-state index contributed by atoms with van der Waals surface area (Å²) >= 11 is 0. The Balaban J connectivity index is 2.34. The molecule has 0 aliphatic heterocycles. The second-order valence-corrected chi connectivity index (χ2v) is 14.3. The summed E-state index contributed by atoms with van der Waals surface area (Å²) in [6.45, 7) is 19.8. The summed E-state index contributed by atoms with van der Waals surface area (Å²) in [5.41, 5.74) is 9.98. The summed E-state index contributed by atoms with van der Waals surface area (Å²) in [6.07, 6.45) is 29.8. The third-order valence-electron chi connectivity index (χ3n) is 9.40. The molecule has 2 N–H and O–H groups in total. The maximum atomic E-state index is 10.7. The molecule has 0 saturated carbocycles. The van der Waals surface area contributed by atoms with Crippen molar-refractivity contribution in [3.05, 3.63) is 81.0 Å². The smallest absolute Gasteiger partial charge is 0.207 e. The Bertz CT molecular complexity index is 1300. The molecule has 0 amide bonds. The van der Waals surface area contributed by atoms with Crippen molar-refractivity contribution < 1.29 is 19.7 Å². The Morgan fingerprint density at radius 1 is 0.562 bits per heavy atom. The number of allylic oxidation sites excluding steroid dienone is 12. The molecule has 0 aliphatic rings. The third-order valence-corrected chi connectivity index (χ3v) is 9.40. The van der Waals surface area contributed by atoms with Crippen LogP contribution >= 0.6 is 0 Å². The lowest BCUT2D eigenvalue weighted by Gasteiger charge is -2.17. The van der Waals surface area contributed by atoms with E-state index in [1.165, 1.54) is 92.6 Å². The third kappa shape index (κ3) is 17.3. The number of hydrogen-bond acceptors (Lipinski definition) is 4. The fourth-order valence-electron chi connectivity index (χ4n) is 5.97. The predicted octanol–water partition coefficient (Wildman–Crippen LogP) is 13.4. The van der Waals surface area contributed by atoms with Crippen LogP contribution < -0.4 is 9.47 Å². The number of benzene rings is 1. The van der Waals surface area contributed by atoms with Crippen LogP contribution in [0.15, 0.2) is 69.9 Å². The van der Waals surface area contributed by atoms with Gasteiger partial charge in [-0.15, -0.1) is 0 Å². The average Bonchev–Trinajstić information content (AvgIpc) is 3.02. The molecule has 1 aromatic carbocycles. The first-order valence-corrected chi connectivity index (χ1v) is 18.4. The minimum absolute atomic E-state index is 0.0114. The van der Waals surface area contributed by atoms with Crippen LogP contribution in [0.1, 0.15) is 150 Å². The van der Waals surface area contributed by atoms with E-state index in [-0.39, 0.29) is 23.0 Å². The van der Waals surface area contributed by atoms with Gasteiger partial charge in [0.05, 0.1) is 14.2 Å². The van der Waals surface area contributed by atoms with Crippen LogP contribution in [0.4, 0.5) is 0 Å². The molecule has 1 aromatic rings. The summed E-state index contributed by atoms with van der Waals surface area (Å²) in [5, 5.41) is 21.2. The van der Waals surface area contributed by atoms with Crippen molar-refractivity contribution in [3.63, 3.8) is 0 Å². The maximum Gasteiger partial charge on any atom is 0.207 e. The molecule has 1 rings (SSSR count). The summed E-state index contributed by atoms with van der Waals surface area (Å²) in [5.74, 6) is 1.13. The van der Waals surface area contributed by atoms with E-state index in [0.717, 1.165) is 44.4 Å². The molecule has 0 spiro atoms. The molecule has 4 nitrogen and oxygen atoms in total. The Labute approximate surface area is 295 Å². The van der Waals surface area contributed by atoms with E-state index in [2.05, 4.69) is 91.8 Å². The van der Waals surface area contributed by atoms with Gasteiger partial charge in [-0.3, -0.25) is 0 Å². The van der Waals surface area contributed by atoms with Crippen molar-refractivity contribution in [2.45, 2.75) is 152 Å². The van der Waals surface area contributed by atoms with Crippen LogP contribution in [0.2, 0.25) is 0 Å². The highest BCUT2D eigenvalue weighted by molar-refractivity contribution is 5.66. The van der Waals surface area contributed by atoms with Crippen molar-refractivity contribution in [3.8, 4) is 23.0 Å². The van der Waals surface area contributed by atoms with E-state index in [1.807, 2.05) is 0 Å². The van der Waals surface area contributed by atoms with Gasteiger partial charge in [0.2, 0.25) is 11.5 Å². The molecule has 0 saturated heterocycles. The van der Waals surface area contributed by atoms with Gasteiger partial charge in [0.1, 0.15) is 0 Å². The Morgan fingerprint density at radius 3 is 1.46 bits per heavy atom. The van der Waals surface area contributed by atoms with Crippen molar-refractivity contribution in [1.82, 2.24) is 0 Å².